The van der Waals surface area contributed by atoms with E-state index < -0.39 is 5.97 Å². The number of fused-ring (bicyclic) bond motifs is 1. The molecule has 5 heteroatoms. The molecule has 0 saturated carbocycles. The fraction of sp³-hybridized carbons (Fsp3) is 0.267. The first kappa shape index (κ1) is 14.0. The molecule has 1 unspecified atom stereocenters. The van der Waals surface area contributed by atoms with Gasteiger partial charge >= 0.3 is 5.97 Å². The number of para-hydroxylation sites is 1. The first-order valence-corrected chi connectivity index (χ1v) is 6.44. The number of nitrogens with one attached hydrogen (secondary N) is 1. The number of rotatable bonds is 5. The summed E-state index contributed by atoms with van der Waals surface area (Å²) in [5.41, 5.74) is 1.10. The van der Waals surface area contributed by atoms with E-state index in [0.29, 0.717) is 12.1 Å². The number of amides is 1. The summed E-state index contributed by atoms with van der Waals surface area (Å²) in [7, 11) is 0. The van der Waals surface area contributed by atoms with E-state index in [4.69, 9.17) is 5.11 Å². The lowest BCUT2D eigenvalue weighted by atomic mass is 10.1. The van der Waals surface area contributed by atoms with Crippen LogP contribution < -0.4 is 5.32 Å². The van der Waals surface area contributed by atoms with Crippen molar-refractivity contribution in [1.82, 2.24) is 10.3 Å². The standard InChI is InChI=1S/C15H16N2O3/c1-10(6-9-14(18)19)16-15(20)13-8-7-11-4-2-3-5-12(11)17-13/h2-5,7-8,10H,6,9H2,1H3,(H,16,20)(H,18,19). The lowest BCUT2D eigenvalue weighted by molar-refractivity contribution is -0.137. The molecule has 1 aromatic carbocycles. The third-order valence-corrected chi connectivity index (χ3v) is 3.00. The molecule has 0 radical (unpaired) electrons. The topological polar surface area (TPSA) is 79.3 Å². The molecule has 0 fully saturated rings. The Labute approximate surface area is 116 Å². The maximum absolute atomic E-state index is 12.0. The van der Waals surface area contributed by atoms with Crippen molar-refractivity contribution < 1.29 is 14.7 Å². The Hall–Kier alpha value is -2.43. The van der Waals surface area contributed by atoms with Crippen molar-refractivity contribution >= 4 is 22.8 Å². The number of carbonyl (C=O) groups excluding carboxylic acids is 1. The predicted octanol–water partition coefficient (Wildman–Crippen LogP) is 2.22. The number of hydrogen-bond acceptors (Lipinski definition) is 3. The third kappa shape index (κ3) is 3.54. The summed E-state index contributed by atoms with van der Waals surface area (Å²) in [6, 6.07) is 10.9. The number of carbonyl (C=O) groups is 2. The molecule has 0 spiro atoms. The molecule has 2 rings (SSSR count). The van der Waals surface area contributed by atoms with Crippen molar-refractivity contribution in [3.63, 3.8) is 0 Å². The van der Waals surface area contributed by atoms with Crippen LogP contribution in [0.25, 0.3) is 10.9 Å². The van der Waals surface area contributed by atoms with E-state index in [2.05, 4.69) is 10.3 Å². The van der Waals surface area contributed by atoms with Crippen molar-refractivity contribution in [1.29, 1.82) is 0 Å². The van der Waals surface area contributed by atoms with Gasteiger partial charge < -0.3 is 10.4 Å². The molecule has 0 aliphatic carbocycles. The highest BCUT2D eigenvalue weighted by Crippen LogP contribution is 2.12. The second-order valence-corrected chi connectivity index (χ2v) is 4.70. The van der Waals surface area contributed by atoms with Crippen molar-refractivity contribution in [2.45, 2.75) is 25.8 Å². The molecule has 1 atom stereocenters. The predicted molar refractivity (Wildman–Crippen MR) is 75.5 cm³/mol. The Morgan fingerprint density at radius 2 is 2.00 bits per heavy atom. The minimum absolute atomic E-state index is 0.0343. The van der Waals surface area contributed by atoms with Crippen LogP contribution in [0.4, 0.5) is 0 Å². The van der Waals surface area contributed by atoms with Crippen LogP contribution in [0.15, 0.2) is 36.4 Å². The quantitative estimate of drug-likeness (QED) is 0.874. The van der Waals surface area contributed by atoms with Crippen molar-refractivity contribution in [3.8, 4) is 0 Å². The van der Waals surface area contributed by atoms with E-state index in [-0.39, 0.29) is 18.4 Å². The number of hydrogen-bond donors (Lipinski definition) is 2. The van der Waals surface area contributed by atoms with E-state index in [1.165, 1.54) is 0 Å². The zero-order chi connectivity index (χ0) is 14.5. The number of carboxylic acids is 1. The molecule has 0 saturated heterocycles. The van der Waals surface area contributed by atoms with E-state index in [0.717, 1.165) is 10.9 Å². The summed E-state index contributed by atoms with van der Waals surface area (Å²) in [4.78, 5) is 26.8. The van der Waals surface area contributed by atoms with E-state index in [1.807, 2.05) is 30.3 Å². The van der Waals surface area contributed by atoms with Crippen LogP contribution in [0, 0.1) is 0 Å². The monoisotopic (exact) mass is 272 g/mol. The second kappa shape index (κ2) is 6.14. The summed E-state index contributed by atoms with van der Waals surface area (Å²) in [6.45, 7) is 1.78. The minimum Gasteiger partial charge on any atom is -0.481 e. The molecular formula is C15H16N2O3. The molecule has 1 aromatic heterocycles. The summed E-state index contributed by atoms with van der Waals surface area (Å²) in [6.07, 6.45) is 0.432. The molecular weight excluding hydrogens is 256 g/mol. The van der Waals surface area contributed by atoms with Gasteiger partial charge in [0.25, 0.3) is 5.91 Å². The molecule has 0 aliphatic heterocycles. The minimum atomic E-state index is -0.866. The maximum atomic E-state index is 12.0. The van der Waals surface area contributed by atoms with Crippen LogP contribution >= 0.6 is 0 Å². The first-order chi connectivity index (χ1) is 9.56. The van der Waals surface area contributed by atoms with Gasteiger partial charge in [0, 0.05) is 17.8 Å². The Bertz CT molecular complexity index is 640. The Morgan fingerprint density at radius 1 is 1.25 bits per heavy atom. The maximum Gasteiger partial charge on any atom is 0.303 e. The van der Waals surface area contributed by atoms with Gasteiger partial charge in [0.2, 0.25) is 0 Å². The molecule has 5 nitrogen and oxygen atoms in total. The normalized spacial score (nSPS) is 12.1. The molecule has 1 heterocycles. The van der Waals surface area contributed by atoms with E-state index in [9.17, 15) is 9.59 Å². The number of carboxylic acid groups (broad SMARTS) is 1. The summed E-state index contributed by atoms with van der Waals surface area (Å²) < 4.78 is 0. The average Bonchev–Trinajstić information content (AvgIpc) is 2.44. The SMILES string of the molecule is CC(CCC(=O)O)NC(=O)c1ccc2ccccc2n1. The fourth-order valence-electron chi connectivity index (χ4n) is 1.90. The van der Waals surface area contributed by atoms with Crippen molar-refractivity contribution in [2.75, 3.05) is 0 Å². The molecule has 2 aromatic rings. The van der Waals surface area contributed by atoms with Gasteiger partial charge in [-0.2, -0.15) is 0 Å². The highest BCUT2D eigenvalue weighted by molar-refractivity contribution is 5.95. The lowest BCUT2D eigenvalue weighted by Gasteiger charge is -2.12. The first-order valence-electron chi connectivity index (χ1n) is 6.44. The fourth-order valence-corrected chi connectivity index (χ4v) is 1.90. The van der Waals surface area contributed by atoms with Crippen molar-refractivity contribution in [2.24, 2.45) is 0 Å². The third-order valence-electron chi connectivity index (χ3n) is 3.00. The Morgan fingerprint density at radius 3 is 2.75 bits per heavy atom. The number of nitrogens with zero attached hydrogens (tertiary/aromatic N) is 1. The van der Waals surface area contributed by atoms with Gasteiger partial charge in [-0.3, -0.25) is 9.59 Å². The zero-order valence-corrected chi connectivity index (χ0v) is 11.2. The highest BCUT2D eigenvalue weighted by Gasteiger charge is 2.12. The van der Waals surface area contributed by atoms with Gasteiger partial charge in [0.15, 0.2) is 0 Å². The molecule has 20 heavy (non-hydrogen) atoms. The number of aromatic nitrogens is 1. The molecule has 0 bridgehead atoms. The summed E-state index contributed by atoms with van der Waals surface area (Å²) >= 11 is 0. The van der Waals surface area contributed by atoms with Crippen LogP contribution in [0.3, 0.4) is 0 Å². The smallest absolute Gasteiger partial charge is 0.303 e. The number of aliphatic carboxylic acids is 1. The van der Waals surface area contributed by atoms with Crippen LogP contribution in [0.2, 0.25) is 0 Å². The highest BCUT2D eigenvalue weighted by atomic mass is 16.4. The van der Waals surface area contributed by atoms with Gasteiger partial charge in [-0.1, -0.05) is 24.3 Å². The Balaban J connectivity index is 2.05. The lowest BCUT2D eigenvalue weighted by Crippen LogP contribution is -2.33. The van der Waals surface area contributed by atoms with Crippen LogP contribution in [-0.2, 0) is 4.79 Å². The Kier molecular flexibility index (Phi) is 4.30. The largest absolute Gasteiger partial charge is 0.481 e. The van der Waals surface area contributed by atoms with E-state index >= 15 is 0 Å². The van der Waals surface area contributed by atoms with E-state index in [1.54, 1.807) is 13.0 Å². The second-order valence-electron chi connectivity index (χ2n) is 4.70. The average molecular weight is 272 g/mol. The molecule has 0 aliphatic rings. The van der Waals surface area contributed by atoms with Gasteiger partial charge in [-0.25, -0.2) is 4.98 Å². The van der Waals surface area contributed by atoms with Gasteiger partial charge in [0.1, 0.15) is 5.69 Å². The summed E-state index contributed by atoms with van der Waals surface area (Å²) in [5.74, 6) is -1.15. The van der Waals surface area contributed by atoms with Crippen LogP contribution in [0.5, 0.6) is 0 Å². The van der Waals surface area contributed by atoms with Crippen LogP contribution in [0.1, 0.15) is 30.3 Å². The molecule has 104 valence electrons. The summed E-state index contributed by atoms with van der Waals surface area (Å²) in [5, 5.41) is 12.3. The zero-order valence-electron chi connectivity index (χ0n) is 11.2. The van der Waals surface area contributed by atoms with Crippen molar-refractivity contribution in [3.05, 3.63) is 42.1 Å². The number of benzene rings is 1. The van der Waals surface area contributed by atoms with Crippen LogP contribution in [-0.4, -0.2) is 28.0 Å². The molecule has 2 N–H and O–H groups in total. The van der Waals surface area contributed by atoms with Gasteiger partial charge in [0.05, 0.1) is 5.52 Å². The van der Waals surface area contributed by atoms with Gasteiger partial charge in [-0.15, -0.1) is 0 Å². The number of pyridine rings is 1. The van der Waals surface area contributed by atoms with Gasteiger partial charge in [-0.05, 0) is 25.5 Å². The molecule has 1 amide bonds.